The molecule has 0 bridgehead atoms. The molecule has 0 saturated heterocycles. The van der Waals surface area contributed by atoms with E-state index in [4.69, 9.17) is 16.6 Å². The number of aliphatic carboxylic acids is 1. The summed E-state index contributed by atoms with van der Waals surface area (Å²) in [5, 5.41) is 24.9. The highest BCUT2D eigenvalue weighted by Crippen LogP contribution is 2.00. The summed E-state index contributed by atoms with van der Waals surface area (Å²) in [4.78, 5) is 64.9. The summed E-state index contributed by atoms with van der Waals surface area (Å²) in [7, 11) is 0. The van der Waals surface area contributed by atoms with Gasteiger partial charge in [-0.25, -0.2) is 9.78 Å². The third-order valence-corrected chi connectivity index (χ3v) is 3.88. The van der Waals surface area contributed by atoms with Crippen LogP contribution in [-0.2, 0) is 30.4 Å². The first-order valence-corrected chi connectivity index (χ1v) is 8.86. The number of nitrogens with two attached hydrogens (primary N) is 2. The Kier molecular flexibility index (Phi) is 9.91. The van der Waals surface area contributed by atoms with Crippen molar-refractivity contribution in [3.8, 4) is 0 Å². The average molecular weight is 427 g/mol. The standard InChI is InChI=1S/C16H25N7O7/c17-9(6-24)14(27)23-10(1-2-12(18)25)15(28)20-5-13(26)22-11(16(29)30)3-8-4-19-7-21-8/h4,7,9-11,24H,1-3,5-6,17H2,(H2,18,25)(H,19,21)(H,20,28)(H,22,26)(H,23,27)(H,29,30). The zero-order valence-corrected chi connectivity index (χ0v) is 16.0. The number of aliphatic hydroxyl groups is 1. The number of aromatic nitrogens is 2. The van der Waals surface area contributed by atoms with Crippen LogP contribution in [0.15, 0.2) is 12.5 Å². The number of carboxylic acid groups (broad SMARTS) is 1. The molecule has 0 aliphatic rings. The molecule has 0 aromatic carbocycles. The lowest BCUT2D eigenvalue weighted by Crippen LogP contribution is -2.54. The Morgan fingerprint density at radius 3 is 2.37 bits per heavy atom. The molecule has 14 nitrogen and oxygen atoms in total. The van der Waals surface area contributed by atoms with Gasteiger partial charge in [0, 0.05) is 24.7 Å². The molecule has 0 saturated carbocycles. The number of primary amides is 1. The van der Waals surface area contributed by atoms with Crippen molar-refractivity contribution in [2.45, 2.75) is 37.4 Å². The minimum atomic E-state index is -1.28. The van der Waals surface area contributed by atoms with Crippen molar-refractivity contribution in [1.29, 1.82) is 0 Å². The Hall–Kier alpha value is -3.52. The number of carbonyl (C=O) groups excluding carboxylic acids is 4. The number of hydrogen-bond acceptors (Lipinski definition) is 8. The predicted molar refractivity (Wildman–Crippen MR) is 100 cm³/mol. The van der Waals surface area contributed by atoms with Gasteiger partial charge in [0.2, 0.25) is 23.6 Å². The number of rotatable bonds is 13. The topological polar surface area (TPSA) is 243 Å². The van der Waals surface area contributed by atoms with E-state index in [-0.39, 0.29) is 19.3 Å². The number of hydrogen-bond donors (Lipinski definition) is 8. The highest BCUT2D eigenvalue weighted by Gasteiger charge is 2.25. The van der Waals surface area contributed by atoms with E-state index >= 15 is 0 Å². The van der Waals surface area contributed by atoms with Gasteiger partial charge in [0.1, 0.15) is 18.1 Å². The van der Waals surface area contributed by atoms with Crippen molar-refractivity contribution in [2.24, 2.45) is 11.5 Å². The van der Waals surface area contributed by atoms with Crippen molar-refractivity contribution in [2.75, 3.05) is 13.2 Å². The van der Waals surface area contributed by atoms with Crippen LogP contribution in [0.25, 0.3) is 0 Å². The summed E-state index contributed by atoms with van der Waals surface area (Å²) < 4.78 is 0. The number of carboxylic acids is 1. The first kappa shape index (κ1) is 24.5. The Labute approximate surface area is 170 Å². The lowest BCUT2D eigenvalue weighted by atomic mass is 10.1. The van der Waals surface area contributed by atoms with Crippen LogP contribution < -0.4 is 27.4 Å². The van der Waals surface area contributed by atoms with E-state index in [1.54, 1.807) is 0 Å². The molecule has 1 aromatic rings. The largest absolute Gasteiger partial charge is 0.480 e. The number of H-pyrrole nitrogens is 1. The monoisotopic (exact) mass is 427 g/mol. The lowest BCUT2D eigenvalue weighted by molar-refractivity contribution is -0.141. The van der Waals surface area contributed by atoms with Crippen LogP contribution in [0.1, 0.15) is 18.5 Å². The van der Waals surface area contributed by atoms with Crippen LogP contribution in [0.2, 0.25) is 0 Å². The molecule has 0 radical (unpaired) electrons. The van der Waals surface area contributed by atoms with E-state index in [2.05, 4.69) is 25.9 Å². The minimum absolute atomic E-state index is 0.0502. The van der Waals surface area contributed by atoms with Gasteiger partial charge in [0.15, 0.2) is 0 Å². The SMILES string of the molecule is NC(=O)CCC(NC(=O)C(N)CO)C(=O)NCC(=O)NC(Cc1cnc[nH]1)C(=O)O. The first-order valence-electron chi connectivity index (χ1n) is 8.86. The summed E-state index contributed by atoms with van der Waals surface area (Å²) in [6.45, 7) is -1.24. The maximum atomic E-state index is 12.3. The second kappa shape index (κ2) is 12.1. The quantitative estimate of drug-likeness (QED) is 0.151. The number of aliphatic hydroxyl groups excluding tert-OH is 1. The van der Waals surface area contributed by atoms with E-state index in [9.17, 15) is 29.1 Å². The fourth-order valence-electron chi connectivity index (χ4n) is 2.27. The van der Waals surface area contributed by atoms with Gasteiger partial charge < -0.3 is 42.6 Å². The zero-order chi connectivity index (χ0) is 22.7. The second-order valence-electron chi connectivity index (χ2n) is 6.31. The van der Waals surface area contributed by atoms with E-state index in [0.717, 1.165) is 0 Å². The molecule has 1 rings (SSSR count). The average Bonchev–Trinajstić information content (AvgIpc) is 3.20. The zero-order valence-electron chi connectivity index (χ0n) is 16.0. The fourth-order valence-corrected chi connectivity index (χ4v) is 2.27. The third kappa shape index (κ3) is 8.66. The van der Waals surface area contributed by atoms with Crippen molar-refractivity contribution < 1.29 is 34.2 Å². The van der Waals surface area contributed by atoms with Crippen molar-refractivity contribution in [3.63, 3.8) is 0 Å². The molecular formula is C16H25N7O7. The molecule has 1 aromatic heterocycles. The van der Waals surface area contributed by atoms with Crippen molar-refractivity contribution in [1.82, 2.24) is 25.9 Å². The maximum Gasteiger partial charge on any atom is 0.326 e. The number of nitrogens with one attached hydrogen (secondary N) is 4. The van der Waals surface area contributed by atoms with Crippen LogP contribution in [-0.4, -0.2) is 81.1 Å². The van der Waals surface area contributed by atoms with Crippen molar-refractivity contribution in [3.05, 3.63) is 18.2 Å². The molecule has 0 spiro atoms. The summed E-state index contributed by atoms with van der Waals surface area (Å²) in [5.41, 5.74) is 10.9. The van der Waals surface area contributed by atoms with Crippen molar-refractivity contribution >= 4 is 29.6 Å². The maximum absolute atomic E-state index is 12.3. The Balaban J connectivity index is 2.63. The molecule has 0 fully saturated rings. The van der Waals surface area contributed by atoms with E-state index in [0.29, 0.717) is 5.69 Å². The van der Waals surface area contributed by atoms with Gasteiger partial charge >= 0.3 is 5.97 Å². The fraction of sp³-hybridized carbons (Fsp3) is 0.500. The number of amides is 4. The summed E-state index contributed by atoms with van der Waals surface area (Å²) in [6, 6.07) is -3.78. The van der Waals surface area contributed by atoms with Gasteiger partial charge in [-0.2, -0.15) is 0 Å². The minimum Gasteiger partial charge on any atom is -0.480 e. The Bertz CT molecular complexity index is 753. The molecule has 14 heteroatoms. The van der Waals surface area contributed by atoms with Gasteiger partial charge in [-0.15, -0.1) is 0 Å². The van der Waals surface area contributed by atoms with Crippen LogP contribution >= 0.6 is 0 Å². The molecule has 3 unspecified atom stereocenters. The van der Waals surface area contributed by atoms with Gasteiger partial charge in [-0.1, -0.05) is 0 Å². The number of carbonyl (C=O) groups is 5. The van der Waals surface area contributed by atoms with E-state index < -0.39 is 60.9 Å². The lowest BCUT2D eigenvalue weighted by Gasteiger charge is -2.20. The summed E-state index contributed by atoms with van der Waals surface area (Å²) >= 11 is 0. The summed E-state index contributed by atoms with van der Waals surface area (Å²) in [6.07, 6.45) is 2.33. The van der Waals surface area contributed by atoms with Gasteiger partial charge in [0.05, 0.1) is 19.5 Å². The van der Waals surface area contributed by atoms with Gasteiger partial charge in [0.25, 0.3) is 0 Å². The molecule has 3 atom stereocenters. The first-order chi connectivity index (χ1) is 14.1. The molecule has 10 N–H and O–H groups in total. The Morgan fingerprint density at radius 1 is 1.13 bits per heavy atom. The second-order valence-corrected chi connectivity index (χ2v) is 6.31. The smallest absolute Gasteiger partial charge is 0.326 e. The van der Waals surface area contributed by atoms with Gasteiger partial charge in [-0.3, -0.25) is 19.2 Å². The van der Waals surface area contributed by atoms with E-state index in [1.807, 2.05) is 0 Å². The molecule has 30 heavy (non-hydrogen) atoms. The molecule has 1 heterocycles. The normalized spacial score (nSPS) is 13.5. The van der Waals surface area contributed by atoms with Crippen LogP contribution in [0.5, 0.6) is 0 Å². The molecular weight excluding hydrogens is 402 g/mol. The highest BCUT2D eigenvalue weighted by molar-refractivity contribution is 5.93. The summed E-state index contributed by atoms with van der Waals surface area (Å²) in [5.74, 6) is -4.44. The predicted octanol–water partition coefficient (Wildman–Crippen LogP) is -4.29. The highest BCUT2D eigenvalue weighted by atomic mass is 16.4. The molecule has 166 valence electrons. The molecule has 0 aliphatic heterocycles. The molecule has 0 aliphatic carbocycles. The molecule has 4 amide bonds. The Morgan fingerprint density at radius 2 is 1.83 bits per heavy atom. The van der Waals surface area contributed by atoms with E-state index in [1.165, 1.54) is 12.5 Å². The number of aromatic amines is 1. The van der Waals surface area contributed by atoms with Gasteiger partial charge in [-0.05, 0) is 6.42 Å². The van der Waals surface area contributed by atoms with Crippen LogP contribution in [0.4, 0.5) is 0 Å². The number of imidazole rings is 1. The number of nitrogens with zero attached hydrogens (tertiary/aromatic N) is 1. The van der Waals surface area contributed by atoms with Crippen LogP contribution in [0, 0.1) is 0 Å². The van der Waals surface area contributed by atoms with Crippen LogP contribution in [0.3, 0.4) is 0 Å². The third-order valence-electron chi connectivity index (χ3n) is 3.88.